The van der Waals surface area contributed by atoms with E-state index in [4.69, 9.17) is 5.73 Å². The van der Waals surface area contributed by atoms with Crippen LogP contribution in [-0.4, -0.2) is 54.8 Å². The van der Waals surface area contributed by atoms with Gasteiger partial charge in [0.2, 0.25) is 11.8 Å². The maximum absolute atomic E-state index is 13.2. The zero-order valence-corrected chi connectivity index (χ0v) is 18.0. The fourth-order valence-corrected chi connectivity index (χ4v) is 3.71. The second-order valence-electron chi connectivity index (χ2n) is 7.49. The number of rotatable bonds is 9. The summed E-state index contributed by atoms with van der Waals surface area (Å²) in [5, 5.41) is 0. The zero-order valence-electron chi connectivity index (χ0n) is 18.0. The maximum Gasteiger partial charge on any atom is 0.387 e. The number of ether oxygens (including phenoxy) is 2. The molecule has 1 radical (unpaired) electrons. The fraction of sp³-hybridized carbons (Fsp3) is 0.318. The average Bonchev–Trinajstić information content (AvgIpc) is 3.05. The Labute approximate surface area is 191 Å². The van der Waals surface area contributed by atoms with Gasteiger partial charge in [0.1, 0.15) is 6.04 Å². The monoisotopic (exact) mass is 482 g/mol. The molecule has 1 heterocycles. The molecule has 8 nitrogen and oxygen atoms in total. The predicted octanol–water partition coefficient (Wildman–Crippen LogP) is 2.89. The van der Waals surface area contributed by atoms with E-state index < -0.39 is 54.5 Å². The molecule has 3 rings (SSSR count). The van der Waals surface area contributed by atoms with E-state index in [-0.39, 0.29) is 23.1 Å². The van der Waals surface area contributed by atoms with Crippen molar-refractivity contribution >= 4 is 17.7 Å². The summed E-state index contributed by atoms with van der Waals surface area (Å²) in [5.74, 6) is -3.44. The molecule has 3 amide bonds. The van der Waals surface area contributed by atoms with Crippen LogP contribution >= 0.6 is 0 Å². The van der Waals surface area contributed by atoms with Gasteiger partial charge in [-0.05, 0) is 29.3 Å². The third-order valence-electron chi connectivity index (χ3n) is 5.17. The summed E-state index contributed by atoms with van der Waals surface area (Å²) >= 11 is 0. The highest BCUT2D eigenvalue weighted by atomic mass is 19.3. The Hall–Kier alpha value is -3.83. The van der Waals surface area contributed by atoms with Crippen molar-refractivity contribution in [3.05, 3.63) is 59.2 Å². The molecule has 2 N–H and O–H groups in total. The Kier molecular flexibility index (Phi) is 7.28. The van der Waals surface area contributed by atoms with Gasteiger partial charge in [-0.3, -0.25) is 14.4 Å². The number of benzene rings is 2. The van der Waals surface area contributed by atoms with Crippen molar-refractivity contribution in [2.45, 2.75) is 31.7 Å². The fourth-order valence-electron chi connectivity index (χ4n) is 3.71. The Morgan fingerprint density at radius 3 is 2.35 bits per heavy atom. The predicted molar refractivity (Wildman–Crippen MR) is 109 cm³/mol. The molecule has 0 saturated carbocycles. The molecule has 0 fully saturated rings. The molecule has 0 aliphatic carbocycles. The lowest BCUT2D eigenvalue weighted by Crippen LogP contribution is -2.40. The Balaban J connectivity index is 2.14. The Morgan fingerprint density at radius 2 is 1.76 bits per heavy atom. The van der Waals surface area contributed by atoms with E-state index in [1.165, 1.54) is 37.2 Å². The van der Waals surface area contributed by atoms with Gasteiger partial charge in [0.05, 0.1) is 18.0 Å². The van der Waals surface area contributed by atoms with Crippen molar-refractivity contribution < 1.29 is 41.4 Å². The third kappa shape index (κ3) is 5.05. The van der Waals surface area contributed by atoms with Crippen LogP contribution in [0.5, 0.6) is 11.5 Å². The largest absolute Gasteiger partial charge is 0.431 e. The highest BCUT2D eigenvalue weighted by Gasteiger charge is 2.45. The van der Waals surface area contributed by atoms with Gasteiger partial charge in [-0.1, -0.05) is 24.3 Å². The number of amides is 3. The van der Waals surface area contributed by atoms with Crippen molar-refractivity contribution in [1.29, 1.82) is 0 Å². The molecule has 181 valence electrons. The number of halogens is 4. The van der Waals surface area contributed by atoms with Crippen LogP contribution in [0.25, 0.3) is 0 Å². The third-order valence-corrected chi connectivity index (χ3v) is 5.17. The number of fused-ring (bicyclic) bond motifs is 1. The second-order valence-corrected chi connectivity index (χ2v) is 7.49. The van der Waals surface area contributed by atoms with E-state index in [0.717, 1.165) is 17.0 Å². The van der Waals surface area contributed by atoms with Crippen LogP contribution < -0.4 is 15.2 Å². The second kappa shape index (κ2) is 9.98. The topological polar surface area (TPSA) is 102 Å². The molecule has 2 unspecified atom stereocenters. The number of primary amides is 1. The highest BCUT2D eigenvalue weighted by molar-refractivity contribution is 6.04. The first-order chi connectivity index (χ1) is 16.0. The molecule has 2 atom stereocenters. The van der Waals surface area contributed by atoms with Crippen LogP contribution in [0.15, 0.2) is 36.4 Å². The number of carbonyl (C=O) groups is 3. The smallest absolute Gasteiger partial charge is 0.387 e. The summed E-state index contributed by atoms with van der Waals surface area (Å²) in [6.45, 7) is -6.69. The van der Waals surface area contributed by atoms with Gasteiger partial charge in [0, 0.05) is 14.1 Å². The number of hydrogen-bond acceptors (Lipinski definition) is 5. The zero-order chi connectivity index (χ0) is 25.2. The first-order valence-electron chi connectivity index (χ1n) is 9.87. The molecule has 0 saturated heterocycles. The molecule has 12 heteroatoms. The number of nitrogens with two attached hydrogens (primary N) is 1. The molecule has 34 heavy (non-hydrogen) atoms. The van der Waals surface area contributed by atoms with Crippen molar-refractivity contribution in [3.8, 4) is 11.5 Å². The van der Waals surface area contributed by atoms with Gasteiger partial charge >= 0.3 is 13.2 Å². The number of hydrogen-bond donors (Lipinski definition) is 1. The van der Waals surface area contributed by atoms with Gasteiger partial charge in [-0.2, -0.15) is 17.6 Å². The molecular weight excluding hydrogens is 462 g/mol. The van der Waals surface area contributed by atoms with Crippen LogP contribution in [0.3, 0.4) is 0 Å². The molecule has 0 aromatic heterocycles. The van der Waals surface area contributed by atoms with Crippen molar-refractivity contribution in [3.63, 3.8) is 0 Å². The minimum Gasteiger partial charge on any atom is -0.431 e. The van der Waals surface area contributed by atoms with E-state index in [9.17, 15) is 31.9 Å². The number of carbonyl (C=O) groups excluding carboxylic acids is 3. The summed E-state index contributed by atoms with van der Waals surface area (Å²) in [5.41, 5.74) is 5.97. The highest BCUT2D eigenvalue weighted by Crippen LogP contribution is 2.43. The average molecular weight is 482 g/mol. The van der Waals surface area contributed by atoms with Gasteiger partial charge in [0.25, 0.3) is 5.91 Å². The molecule has 1 aliphatic heterocycles. The standard InChI is InChI=1S/C22H20F4N3O5/c1-28(2)17(30)10-14(11-7-8-15(33-21(23)24)16(9-11)34-22(25)26)29-18(19(27)31)12-5-3-4-6-13(12)20(29)32/h3-5,7-9,14,18,21-22H,10H2,1-2H3,(H2,27,31). The van der Waals surface area contributed by atoms with Crippen molar-refractivity contribution in [2.75, 3.05) is 14.1 Å². The van der Waals surface area contributed by atoms with E-state index in [0.29, 0.717) is 0 Å². The minimum absolute atomic E-state index is 0.0554. The molecule has 0 spiro atoms. The van der Waals surface area contributed by atoms with Gasteiger partial charge in [-0.15, -0.1) is 0 Å². The van der Waals surface area contributed by atoms with Crippen LogP contribution in [0, 0.1) is 6.07 Å². The maximum atomic E-state index is 13.2. The first-order valence-corrected chi connectivity index (χ1v) is 9.87. The van der Waals surface area contributed by atoms with Crippen LogP contribution in [0.1, 0.15) is 40.0 Å². The number of nitrogens with zero attached hydrogens (tertiary/aromatic N) is 2. The van der Waals surface area contributed by atoms with E-state index in [2.05, 4.69) is 15.5 Å². The summed E-state index contributed by atoms with van der Waals surface area (Å²) in [4.78, 5) is 40.5. The van der Waals surface area contributed by atoms with Gasteiger partial charge in [-0.25, -0.2) is 0 Å². The van der Waals surface area contributed by atoms with E-state index in [1.54, 1.807) is 6.07 Å². The molecule has 2 aromatic carbocycles. The van der Waals surface area contributed by atoms with Crippen LogP contribution in [-0.2, 0) is 9.59 Å². The normalized spacial score (nSPS) is 15.9. The lowest BCUT2D eigenvalue weighted by Gasteiger charge is -2.33. The number of alkyl halides is 4. The minimum atomic E-state index is -3.37. The van der Waals surface area contributed by atoms with Crippen molar-refractivity contribution in [2.24, 2.45) is 5.73 Å². The molecular formula is C22H20F4N3O5. The van der Waals surface area contributed by atoms with E-state index in [1.807, 2.05) is 0 Å². The van der Waals surface area contributed by atoms with Gasteiger partial charge < -0.3 is 25.0 Å². The van der Waals surface area contributed by atoms with Gasteiger partial charge in [0.15, 0.2) is 11.5 Å². The SMILES string of the molecule is CN(C)C(=O)CC(c1ccc(OC(F)F)c(OC(F)F)c1)N1C(=O)c2[c]cccc2C1C(N)=O. The Bertz CT molecular complexity index is 1100. The van der Waals surface area contributed by atoms with Crippen LogP contribution in [0.2, 0.25) is 0 Å². The molecule has 0 bridgehead atoms. The first kappa shape index (κ1) is 24.8. The lowest BCUT2D eigenvalue weighted by atomic mass is 9.98. The van der Waals surface area contributed by atoms with E-state index >= 15 is 0 Å². The summed E-state index contributed by atoms with van der Waals surface area (Å²) < 4.78 is 59.9. The molecule has 1 aliphatic rings. The van der Waals surface area contributed by atoms with Crippen LogP contribution in [0.4, 0.5) is 17.6 Å². The van der Waals surface area contributed by atoms with Crippen molar-refractivity contribution in [1.82, 2.24) is 9.80 Å². The summed E-state index contributed by atoms with van der Waals surface area (Å²) in [6.07, 6.45) is -0.375. The quantitative estimate of drug-likeness (QED) is 0.554. The summed E-state index contributed by atoms with van der Waals surface area (Å²) in [6, 6.07) is 7.90. The molecule has 2 aromatic rings. The summed E-state index contributed by atoms with van der Waals surface area (Å²) in [7, 11) is 2.93. The lowest BCUT2D eigenvalue weighted by molar-refractivity contribution is -0.131. The Morgan fingerprint density at radius 1 is 1.12 bits per heavy atom.